The zero-order chi connectivity index (χ0) is 13.1. The molecule has 0 aliphatic rings. The molecular formula is C14H28N2. The van der Waals surface area contributed by atoms with Crippen LogP contribution < -0.4 is 5.43 Å². The van der Waals surface area contributed by atoms with Crippen molar-refractivity contribution < 1.29 is 0 Å². The Morgan fingerprint density at radius 1 is 1.12 bits per heavy atom. The Labute approximate surface area is 101 Å². The summed E-state index contributed by atoms with van der Waals surface area (Å²) in [5, 5.41) is 4.31. The molecule has 2 nitrogen and oxygen atoms in total. The fraction of sp³-hybridized carbons (Fsp3) is 0.786. The standard InChI is InChI=1S/C14H28N2/c1-10(2)15-16-14(8,9)12(4)11(3)13(5,6)7/h12,16H,3H2,1-2,4-9H3. The van der Waals surface area contributed by atoms with E-state index in [0.717, 1.165) is 5.71 Å². The first-order valence-electron chi connectivity index (χ1n) is 5.96. The van der Waals surface area contributed by atoms with Crippen LogP contribution >= 0.6 is 0 Å². The van der Waals surface area contributed by atoms with Gasteiger partial charge in [-0.05, 0) is 33.1 Å². The van der Waals surface area contributed by atoms with Crippen molar-refractivity contribution in [2.75, 3.05) is 0 Å². The number of hydrogen-bond acceptors (Lipinski definition) is 2. The van der Waals surface area contributed by atoms with Crippen molar-refractivity contribution in [2.45, 2.75) is 60.9 Å². The van der Waals surface area contributed by atoms with Crippen LogP contribution in [-0.4, -0.2) is 11.3 Å². The first-order valence-corrected chi connectivity index (χ1v) is 5.96. The third-order valence-electron chi connectivity index (χ3n) is 3.14. The van der Waals surface area contributed by atoms with Crippen LogP contribution in [-0.2, 0) is 0 Å². The van der Waals surface area contributed by atoms with E-state index in [-0.39, 0.29) is 11.0 Å². The van der Waals surface area contributed by atoms with Gasteiger partial charge in [-0.1, -0.05) is 39.8 Å². The molecule has 1 unspecified atom stereocenters. The van der Waals surface area contributed by atoms with Crippen LogP contribution in [0.5, 0.6) is 0 Å². The maximum Gasteiger partial charge on any atom is 0.0555 e. The molecule has 0 aromatic carbocycles. The van der Waals surface area contributed by atoms with Crippen molar-refractivity contribution in [1.82, 2.24) is 5.43 Å². The zero-order valence-corrected chi connectivity index (χ0v) is 12.2. The van der Waals surface area contributed by atoms with Crippen molar-refractivity contribution in [3.8, 4) is 0 Å². The molecule has 1 atom stereocenters. The topological polar surface area (TPSA) is 24.4 Å². The Morgan fingerprint density at radius 2 is 1.56 bits per heavy atom. The van der Waals surface area contributed by atoms with Crippen LogP contribution in [0.25, 0.3) is 0 Å². The van der Waals surface area contributed by atoms with Gasteiger partial charge in [0.2, 0.25) is 0 Å². The minimum atomic E-state index is -0.0678. The fourth-order valence-corrected chi connectivity index (χ4v) is 1.44. The van der Waals surface area contributed by atoms with E-state index in [1.165, 1.54) is 5.57 Å². The molecule has 0 aromatic heterocycles. The second-order valence-electron chi connectivity index (χ2n) is 6.39. The highest BCUT2D eigenvalue weighted by atomic mass is 15.3. The summed E-state index contributed by atoms with van der Waals surface area (Å²) in [6, 6.07) is 0. The highest BCUT2D eigenvalue weighted by molar-refractivity contribution is 5.78. The molecule has 0 saturated carbocycles. The van der Waals surface area contributed by atoms with Crippen LogP contribution in [0, 0.1) is 11.3 Å². The molecule has 0 fully saturated rings. The third-order valence-corrected chi connectivity index (χ3v) is 3.14. The highest BCUT2D eigenvalue weighted by Gasteiger charge is 2.32. The average Bonchev–Trinajstić information content (AvgIpc) is 2.11. The summed E-state index contributed by atoms with van der Waals surface area (Å²) in [5.41, 5.74) is 5.61. The summed E-state index contributed by atoms with van der Waals surface area (Å²) in [6.07, 6.45) is 0. The van der Waals surface area contributed by atoms with Gasteiger partial charge >= 0.3 is 0 Å². The van der Waals surface area contributed by atoms with E-state index in [4.69, 9.17) is 0 Å². The molecule has 0 aliphatic heterocycles. The lowest BCUT2D eigenvalue weighted by Gasteiger charge is -2.38. The molecule has 0 bridgehead atoms. The molecule has 2 heteroatoms. The second-order valence-corrected chi connectivity index (χ2v) is 6.39. The molecule has 0 spiro atoms. The number of nitrogens with zero attached hydrogens (tertiary/aromatic N) is 1. The maximum absolute atomic E-state index is 4.31. The summed E-state index contributed by atoms with van der Waals surface area (Å²) in [7, 11) is 0. The van der Waals surface area contributed by atoms with E-state index in [2.05, 4.69) is 58.6 Å². The van der Waals surface area contributed by atoms with Gasteiger partial charge in [0.05, 0.1) is 5.54 Å². The van der Waals surface area contributed by atoms with Gasteiger partial charge in [-0.25, -0.2) is 0 Å². The Bertz CT molecular complexity index is 276. The van der Waals surface area contributed by atoms with E-state index in [9.17, 15) is 0 Å². The van der Waals surface area contributed by atoms with Crippen molar-refractivity contribution in [3.63, 3.8) is 0 Å². The second kappa shape index (κ2) is 5.03. The zero-order valence-electron chi connectivity index (χ0n) is 12.2. The highest BCUT2D eigenvalue weighted by Crippen LogP contribution is 2.35. The van der Waals surface area contributed by atoms with Crippen LogP contribution in [0.3, 0.4) is 0 Å². The molecule has 0 aliphatic carbocycles. The molecule has 16 heavy (non-hydrogen) atoms. The minimum Gasteiger partial charge on any atom is -0.304 e. The normalized spacial score (nSPS) is 14.2. The van der Waals surface area contributed by atoms with E-state index in [1.807, 2.05) is 13.8 Å². The quantitative estimate of drug-likeness (QED) is 0.436. The summed E-state index contributed by atoms with van der Waals surface area (Å²) in [6.45, 7) is 21.4. The van der Waals surface area contributed by atoms with Crippen LogP contribution in [0.4, 0.5) is 0 Å². The predicted molar refractivity (Wildman–Crippen MR) is 73.8 cm³/mol. The summed E-state index contributed by atoms with van der Waals surface area (Å²) < 4.78 is 0. The van der Waals surface area contributed by atoms with E-state index in [1.54, 1.807) is 0 Å². The van der Waals surface area contributed by atoms with Gasteiger partial charge < -0.3 is 5.43 Å². The Hall–Kier alpha value is -0.790. The monoisotopic (exact) mass is 224 g/mol. The van der Waals surface area contributed by atoms with Crippen molar-refractivity contribution in [2.24, 2.45) is 16.4 Å². The van der Waals surface area contributed by atoms with Crippen LogP contribution in [0.1, 0.15) is 55.4 Å². The molecule has 0 heterocycles. The maximum atomic E-state index is 4.31. The summed E-state index contributed by atoms with van der Waals surface area (Å²) in [4.78, 5) is 0. The molecule has 0 aromatic rings. The van der Waals surface area contributed by atoms with Crippen molar-refractivity contribution in [1.29, 1.82) is 0 Å². The van der Waals surface area contributed by atoms with Crippen LogP contribution in [0.15, 0.2) is 17.3 Å². The van der Waals surface area contributed by atoms with Crippen molar-refractivity contribution >= 4 is 5.71 Å². The molecule has 0 radical (unpaired) electrons. The molecule has 0 amide bonds. The number of hydrogen-bond donors (Lipinski definition) is 1. The van der Waals surface area contributed by atoms with E-state index < -0.39 is 0 Å². The first-order chi connectivity index (χ1) is 6.98. The molecule has 94 valence electrons. The largest absolute Gasteiger partial charge is 0.304 e. The van der Waals surface area contributed by atoms with Gasteiger partial charge in [-0.3, -0.25) is 0 Å². The van der Waals surface area contributed by atoms with E-state index in [0.29, 0.717) is 5.92 Å². The van der Waals surface area contributed by atoms with E-state index >= 15 is 0 Å². The fourth-order valence-electron chi connectivity index (χ4n) is 1.44. The molecular weight excluding hydrogens is 196 g/mol. The third kappa shape index (κ3) is 4.38. The smallest absolute Gasteiger partial charge is 0.0555 e. The van der Waals surface area contributed by atoms with Crippen LogP contribution in [0.2, 0.25) is 0 Å². The SMILES string of the molecule is C=C(C(C)C(C)(C)NN=C(C)C)C(C)(C)C. The molecule has 1 N–H and O–H groups in total. The molecule has 0 rings (SSSR count). The Kier molecular flexibility index (Phi) is 4.78. The number of hydrazone groups is 1. The lowest BCUT2D eigenvalue weighted by molar-refractivity contribution is 0.274. The Balaban J connectivity index is 4.77. The van der Waals surface area contributed by atoms with Gasteiger partial charge in [-0.15, -0.1) is 0 Å². The van der Waals surface area contributed by atoms with Gasteiger partial charge in [-0.2, -0.15) is 5.10 Å². The van der Waals surface area contributed by atoms with Gasteiger partial charge in [0.15, 0.2) is 0 Å². The Morgan fingerprint density at radius 3 is 1.88 bits per heavy atom. The number of rotatable bonds is 4. The van der Waals surface area contributed by atoms with Crippen molar-refractivity contribution in [3.05, 3.63) is 12.2 Å². The predicted octanol–water partition coefficient (Wildman–Crippen LogP) is 3.99. The molecule has 0 saturated heterocycles. The first kappa shape index (κ1) is 15.2. The average molecular weight is 224 g/mol. The minimum absolute atomic E-state index is 0.0678. The summed E-state index contributed by atoms with van der Waals surface area (Å²) >= 11 is 0. The van der Waals surface area contributed by atoms with Gasteiger partial charge in [0, 0.05) is 11.6 Å². The lowest BCUT2D eigenvalue weighted by atomic mass is 9.73. The van der Waals surface area contributed by atoms with Gasteiger partial charge in [0.25, 0.3) is 0 Å². The number of nitrogens with one attached hydrogen (secondary N) is 1. The summed E-state index contributed by atoms with van der Waals surface area (Å²) in [5.74, 6) is 0.371. The van der Waals surface area contributed by atoms with Gasteiger partial charge in [0.1, 0.15) is 0 Å². The lowest BCUT2D eigenvalue weighted by Crippen LogP contribution is -2.44.